The first-order valence-electron chi connectivity index (χ1n) is 10.9. The van der Waals surface area contributed by atoms with Crippen LogP contribution in [0.2, 0.25) is 0 Å². The molecule has 2 atom stereocenters. The van der Waals surface area contributed by atoms with E-state index in [-0.39, 0.29) is 23.1 Å². The first-order valence-corrected chi connectivity index (χ1v) is 12.8. The highest BCUT2D eigenvalue weighted by Gasteiger charge is 2.38. The summed E-state index contributed by atoms with van der Waals surface area (Å²) in [6.45, 7) is 5.48. The van der Waals surface area contributed by atoms with Gasteiger partial charge in [0.25, 0.3) is 0 Å². The van der Waals surface area contributed by atoms with Gasteiger partial charge in [0.2, 0.25) is 10.0 Å². The van der Waals surface area contributed by atoms with Crippen molar-refractivity contribution in [3.05, 3.63) is 59.4 Å². The second kappa shape index (κ2) is 9.95. The predicted octanol–water partition coefficient (Wildman–Crippen LogP) is 4.63. The molecule has 6 nitrogen and oxygen atoms in total. The van der Waals surface area contributed by atoms with Crippen molar-refractivity contribution in [1.82, 2.24) is 9.62 Å². The fraction of sp³-hybridized carbons (Fsp3) is 0.458. The Morgan fingerprint density at radius 1 is 1.15 bits per heavy atom. The lowest BCUT2D eigenvalue weighted by atomic mass is 9.90. The van der Waals surface area contributed by atoms with Gasteiger partial charge < -0.3 is 9.64 Å². The molecule has 1 amide bonds. The highest BCUT2D eigenvalue weighted by Crippen LogP contribution is 2.30. The average Bonchev–Trinajstić information content (AvgIpc) is 2.67. The largest absolute Gasteiger partial charge is 0.444 e. The van der Waals surface area contributed by atoms with Crippen molar-refractivity contribution in [3.63, 3.8) is 0 Å². The van der Waals surface area contributed by atoms with E-state index in [0.717, 1.165) is 18.4 Å². The standard InChI is InChI=1S/C24H29F3N2O4S/c1-24(2,3)33-23(30)29-10-6-9-20(28-34(4,31)32)21(29)13-15-7-5-8-19(22(15)27)16-11-17(25)14-18(26)12-16/h5,7-8,11-12,14,20-21,28H,6,9-10,13H2,1-4H3/t20-,21-/m0/s1. The Morgan fingerprint density at radius 2 is 1.79 bits per heavy atom. The zero-order valence-corrected chi connectivity index (χ0v) is 20.4. The monoisotopic (exact) mass is 498 g/mol. The molecule has 0 unspecified atom stereocenters. The van der Waals surface area contributed by atoms with Gasteiger partial charge in [-0.3, -0.25) is 0 Å². The fourth-order valence-electron chi connectivity index (χ4n) is 4.16. The number of nitrogens with one attached hydrogen (secondary N) is 1. The minimum absolute atomic E-state index is 0.00292. The number of hydrogen-bond donors (Lipinski definition) is 1. The van der Waals surface area contributed by atoms with Crippen LogP contribution in [-0.2, 0) is 21.2 Å². The minimum Gasteiger partial charge on any atom is -0.444 e. The number of halogens is 3. The second-order valence-electron chi connectivity index (χ2n) is 9.52. The zero-order chi connectivity index (χ0) is 25.3. The van der Waals surface area contributed by atoms with Gasteiger partial charge in [0.1, 0.15) is 23.1 Å². The fourth-order valence-corrected chi connectivity index (χ4v) is 4.99. The van der Waals surface area contributed by atoms with E-state index in [4.69, 9.17) is 4.74 Å². The highest BCUT2D eigenvalue weighted by molar-refractivity contribution is 7.88. The third-order valence-corrected chi connectivity index (χ3v) is 6.18. The first kappa shape index (κ1) is 26.0. The maximum absolute atomic E-state index is 15.5. The van der Waals surface area contributed by atoms with Crippen LogP contribution in [0.3, 0.4) is 0 Å². The Labute approximate surface area is 198 Å². The normalized spacial score (nSPS) is 19.2. The number of carbonyl (C=O) groups excluding carboxylic acids is 1. The van der Waals surface area contributed by atoms with Gasteiger partial charge in [-0.15, -0.1) is 0 Å². The number of amides is 1. The Hall–Kier alpha value is -2.59. The van der Waals surface area contributed by atoms with Gasteiger partial charge in [-0.25, -0.2) is 31.1 Å². The van der Waals surface area contributed by atoms with E-state index < -0.39 is 51.3 Å². The van der Waals surface area contributed by atoms with Gasteiger partial charge in [-0.1, -0.05) is 18.2 Å². The smallest absolute Gasteiger partial charge is 0.410 e. The maximum atomic E-state index is 15.5. The molecule has 0 saturated carbocycles. The number of carbonyl (C=O) groups is 1. The van der Waals surface area contributed by atoms with Crippen LogP contribution in [0.25, 0.3) is 11.1 Å². The van der Waals surface area contributed by atoms with Gasteiger partial charge in [0.05, 0.1) is 12.3 Å². The van der Waals surface area contributed by atoms with Crippen LogP contribution in [0, 0.1) is 17.5 Å². The topological polar surface area (TPSA) is 75.7 Å². The molecule has 186 valence electrons. The van der Waals surface area contributed by atoms with Crippen molar-refractivity contribution in [2.45, 2.75) is 57.7 Å². The average molecular weight is 499 g/mol. The Balaban J connectivity index is 1.99. The molecule has 34 heavy (non-hydrogen) atoms. The summed E-state index contributed by atoms with van der Waals surface area (Å²) in [7, 11) is -3.61. The zero-order valence-electron chi connectivity index (χ0n) is 19.6. The second-order valence-corrected chi connectivity index (χ2v) is 11.3. The molecule has 3 rings (SSSR count). The number of rotatable bonds is 5. The van der Waals surface area contributed by atoms with E-state index >= 15 is 4.39 Å². The van der Waals surface area contributed by atoms with E-state index in [9.17, 15) is 22.0 Å². The molecule has 0 bridgehead atoms. The molecule has 1 aliphatic rings. The molecule has 0 radical (unpaired) electrons. The number of piperidine rings is 1. The van der Waals surface area contributed by atoms with Gasteiger partial charge in [-0.2, -0.15) is 0 Å². The summed E-state index contributed by atoms with van der Waals surface area (Å²) < 4.78 is 75.0. The summed E-state index contributed by atoms with van der Waals surface area (Å²) in [5.41, 5.74) is -0.549. The molecule has 1 N–H and O–H groups in total. The number of benzene rings is 2. The Bertz CT molecular complexity index is 1150. The van der Waals surface area contributed by atoms with Crippen LogP contribution in [-0.4, -0.2) is 49.9 Å². The molecule has 1 aliphatic heterocycles. The molecule has 0 aliphatic carbocycles. The summed E-state index contributed by atoms with van der Waals surface area (Å²) in [6, 6.07) is 5.85. The van der Waals surface area contributed by atoms with Gasteiger partial charge in [-0.05, 0) is 63.3 Å². The molecule has 2 aromatic rings. The van der Waals surface area contributed by atoms with E-state index in [2.05, 4.69) is 4.72 Å². The van der Waals surface area contributed by atoms with Crippen molar-refractivity contribution in [3.8, 4) is 11.1 Å². The van der Waals surface area contributed by atoms with Crippen LogP contribution in [0.15, 0.2) is 36.4 Å². The number of sulfonamides is 1. The van der Waals surface area contributed by atoms with Crippen molar-refractivity contribution < 1.29 is 31.1 Å². The lowest BCUT2D eigenvalue weighted by Gasteiger charge is -2.41. The molecule has 2 aromatic carbocycles. The number of nitrogens with zero attached hydrogens (tertiary/aromatic N) is 1. The Morgan fingerprint density at radius 3 is 2.38 bits per heavy atom. The number of hydrogen-bond acceptors (Lipinski definition) is 4. The van der Waals surface area contributed by atoms with E-state index in [0.29, 0.717) is 25.5 Å². The van der Waals surface area contributed by atoms with E-state index in [1.165, 1.54) is 17.0 Å². The van der Waals surface area contributed by atoms with Crippen molar-refractivity contribution in [1.29, 1.82) is 0 Å². The van der Waals surface area contributed by atoms with Crippen molar-refractivity contribution in [2.24, 2.45) is 0 Å². The molecular formula is C24H29F3N2O4S. The minimum atomic E-state index is -3.61. The lowest BCUT2D eigenvalue weighted by molar-refractivity contribution is 0.00581. The van der Waals surface area contributed by atoms with Gasteiger partial charge in [0, 0.05) is 24.2 Å². The SMILES string of the molecule is CC(C)(C)OC(=O)N1CCC[C@H](NS(C)(=O)=O)[C@@H]1Cc1cccc(-c2cc(F)cc(F)c2)c1F. The number of ether oxygens (including phenoxy) is 1. The van der Waals surface area contributed by atoms with Crippen LogP contribution >= 0.6 is 0 Å². The van der Waals surface area contributed by atoms with Crippen LogP contribution < -0.4 is 4.72 Å². The molecule has 1 saturated heterocycles. The van der Waals surface area contributed by atoms with Crippen LogP contribution in [0.5, 0.6) is 0 Å². The summed E-state index contributed by atoms with van der Waals surface area (Å²) in [4.78, 5) is 14.3. The summed E-state index contributed by atoms with van der Waals surface area (Å²) in [5.74, 6) is -2.36. The molecular weight excluding hydrogens is 469 g/mol. The number of likely N-dealkylation sites (tertiary alicyclic amines) is 1. The predicted molar refractivity (Wildman–Crippen MR) is 123 cm³/mol. The summed E-state index contributed by atoms with van der Waals surface area (Å²) >= 11 is 0. The molecule has 0 aromatic heterocycles. The van der Waals surface area contributed by atoms with Crippen LogP contribution in [0.1, 0.15) is 39.2 Å². The van der Waals surface area contributed by atoms with Crippen molar-refractivity contribution in [2.75, 3.05) is 12.8 Å². The quantitative estimate of drug-likeness (QED) is 0.652. The Kier molecular flexibility index (Phi) is 7.62. The third-order valence-electron chi connectivity index (χ3n) is 5.45. The van der Waals surface area contributed by atoms with Gasteiger partial charge >= 0.3 is 6.09 Å². The van der Waals surface area contributed by atoms with Gasteiger partial charge in [0.15, 0.2) is 0 Å². The molecule has 1 heterocycles. The van der Waals surface area contributed by atoms with Crippen LogP contribution in [0.4, 0.5) is 18.0 Å². The maximum Gasteiger partial charge on any atom is 0.410 e. The summed E-state index contributed by atoms with van der Waals surface area (Å²) in [5, 5.41) is 0. The van der Waals surface area contributed by atoms with E-state index in [1.807, 2.05) is 0 Å². The third kappa shape index (κ3) is 6.73. The summed E-state index contributed by atoms with van der Waals surface area (Å²) in [6.07, 6.45) is 1.36. The molecule has 1 fully saturated rings. The highest BCUT2D eigenvalue weighted by atomic mass is 32.2. The van der Waals surface area contributed by atoms with Crippen molar-refractivity contribution >= 4 is 16.1 Å². The lowest BCUT2D eigenvalue weighted by Crippen LogP contribution is -2.58. The first-order chi connectivity index (χ1) is 15.7. The molecule has 10 heteroatoms. The van der Waals surface area contributed by atoms with E-state index in [1.54, 1.807) is 26.8 Å². The molecule has 0 spiro atoms.